The van der Waals surface area contributed by atoms with E-state index in [1.54, 1.807) is 6.20 Å². The topological polar surface area (TPSA) is 42.7 Å². The van der Waals surface area contributed by atoms with Crippen LogP contribution in [0.25, 0.3) is 0 Å². The third-order valence-corrected chi connectivity index (χ3v) is 3.28. The van der Waals surface area contributed by atoms with E-state index in [-0.39, 0.29) is 0 Å². The van der Waals surface area contributed by atoms with Crippen LogP contribution in [-0.2, 0) is 13.1 Å². The van der Waals surface area contributed by atoms with Crippen LogP contribution in [0.15, 0.2) is 24.4 Å². The van der Waals surface area contributed by atoms with Crippen LogP contribution in [0.3, 0.4) is 0 Å². The Bertz CT molecular complexity index is 548. The fraction of sp³-hybridized carbons (Fsp3) is 0.429. The average molecular weight is 279 g/mol. The van der Waals surface area contributed by atoms with Gasteiger partial charge in [-0.2, -0.15) is 5.10 Å². The van der Waals surface area contributed by atoms with E-state index in [1.165, 1.54) is 0 Å². The predicted octanol–water partition coefficient (Wildman–Crippen LogP) is 2.79. The molecule has 4 nitrogen and oxygen atoms in total. The van der Waals surface area contributed by atoms with Crippen molar-refractivity contribution in [1.29, 1.82) is 0 Å². The normalized spacial score (nSPS) is 11.2. The van der Waals surface area contributed by atoms with Gasteiger partial charge in [-0.3, -0.25) is 9.67 Å². The summed E-state index contributed by atoms with van der Waals surface area (Å²) >= 11 is 6.00. The highest BCUT2D eigenvalue weighted by molar-refractivity contribution is 6.31. The van der Waals surface area contributed by atoms with Gasteiger partial charge in [-0.25, -0.2) is 0 Å². The second kappa shape index (κ2) is 6.17. The van der Waals surface area contributed by atoms with E-state index in [0.29, 0.717) is 17.6 Å². The van der Waals surface area contributed by atoms with Crippen LogP contribution in [-0.4, -0.2) is 20.8 Å². The number of nitrogens with one attached hydrogen (secondary N) is 1. The van der Waals surface area contributed by atoms with E-state index in [0.717, 1.165) is 23.6 Å². The summed E-state index contributed by atoms with van der Waals surface area (Å²) in [4.78, 5) is 4.62. The maximum Gasteiger partial charge on any atom is 0.0835 e. The lowest BCUT2D eigenvalue weighted by atomic mass is 10.2. The van der Waals surface area contributed by atoms with Crippen molar-refractivity contribution in [3.63, 3.8) is 0 Å². The Morgan fingerprint density at radius 2 is 2.05 bits per heavy atom. The minimum atomic E-state index is 0.456. The van der Waals surface area contributed by atoms with Gasteiger partial charge in [0.2, 0.25) is 0 Å². The van der Waals surface area contributed by atoms with Crippen molar-refractivity contribution in [3.8, 4) is 0 Å². The lowest BCUT2D eigenvalue weighted by Gasteiger charge is -2.09. The van der Waals surface area contributed by atoms with E-state index in [1.807, 2.05) is 29.8 Å². The summed E-state index contributed by atoms with van der Waals surface area (Å²) in [5.41, 5.74) is 3.00. The number of aromatic nitrogens is 3. The smallest absolute Gasteiger partial charge is 0.0835 e. The fourth-order valence-electron chi connectivity index (χ4n) is 1.76. The first-order valence-electron chi connectivity index (χ1n) is 6.42. The standard InChI is InChI=1S/C14H19ClN4/c1-10(2)16-7-12-5-4-6-13(18-12)9-19-11(3)14(15)8-17-19/h4-6,8,10,16H,7,9H2,1-3H3. The SMILES string of the molecule is Cc1c(Cl)cnn1Cc1cccc(CNC(C)C)n1. The Balaban J connectivity index is 2.08. The van der Waals surface area contributed by atoms with Crippen LogP contribution in [0.1, 0.15) is 30.9 Å². The van der Waals surface area contributed by atoms with Gasteiger partial charge in [0.05, 0.1) is 34.8 Å². The van der Waals surface area contributed by atoms with Crippen molar-refractivity contribution < 1.29 is 0 Å². The van der Waals surface area contributed by atoms with E-state index in [9.17, 15) is 0 Å². The Morgan fingerprint density at radius 3 is 2.68 bits per heavy atom. The van der Waals surface area contributed by atoms with E-state index in [2.05, 4.69) is 29.2 Å². The third kappa shape index (κ3) is 3.78. The molecule has 0 fully saturated rings. The second-order valence-corrected chi connectivity index (χ2v) is 5.30. The zero-order valence-electron chi connectivity index (χ0n) is 11.5. The molecule has 5 heteroatoms. The molecule has 0 aliphatic carbocycles. The minimum Gasteiger partial charge on any atom is -0.309 e. The van der Waals surface area contributed by atoms with Crippen molar-refractivity contribution in [1.82, 2.24) is 20.1 Å². The van der Waals surface area contributed by atoms with Gasteiger partial charge in [0.25, 0.3) is 0 Å². The Labute approximate surface area is 118 Å². The van der Waals surface area contributed by atoms with E-state index >= 15 is 0 Å². The Hall–Kier alpha value is -1.39. The van der Waals surface area contributed by atoms with E-state index < -0.39 is 0 Å². The lowest BCUT2D eigenvalue weighted by molar-refractivity contribution is 0.577. The van der Waals surface area contributed by atoms with Crippen LogP contribution >= 0.6 is 11.6 Å². The van der Waals surface area contributed by atoms with Crippen LogP contribution in [0, 0.1) is 6.92 Å². The first-order valence-corrected chi connectivity index (χ1v) is 6.80. The summed E-state index contributed by atoms with van der Waals surface area (Å²) < 4.78 is 1.87. The molecule has 0 aromatic carbocycles. The summed E-state index contributed by atoms with van der Waals surface area (Å²) in [6, 6.07) is 6.52. The van der Waals surface area contributed by atoms with Crippen LogP contribution in [0.2, 0.25) is 5.02 Å². The zero-order chi connectivity index (χ0) is 13.8. The molecule has 2 aromatic rings. The van der Waals surface area contributed by atoms with Gasteiger partial charge in [0, 0.05) is 12.6 Å². The van der Waals surface area contributed by atoms with Gasteiger partial charge in [-0.15, -0.1) is 0 Å². The van der Waals surface area contributed by atoms with Crippen molar-refractivity contribution in [3.05, 3.63) is 46.5 Å². The molecule has 0 spiro atoms. The first-order chi connectivity index (χ1) is 9.06. The molecule has 0 atom stereocenters. The number of hydrogen-bond acceptors (Lipinski definition) is 3. The van der Waals surface area contributed by atoms with Crippen molar-refractivity contribution in [2.24, 2.45) is 0 Å². The van der Waals surface area contributed by atoms with Gasteiger partial charge in [0.1, 0.15) is 0 Å². The molecule has 2 rings (SSSR count). The van der Waals surface area contributed by atoms with Crippen LogP contribution in [0.5, 0.6) is 0 Å². The molecule has 0 saturated carbocycles. The summed E-state index contributed by atoms with van der Waals surface area (Å²) in [5, 5.41) is 8.30. The molecule has 2 heterocycles. The van der Waals surface area contributed by atoms with Crippen molar-refractivity contribution in [2.45, 2.75) is 39.9 Å². The summed E-state index contributed by atoms with van der Waals surface area (Å²) in [7, 11) is 0. The molecule has 19 heavy (non-hydrogen) atoms. The largest absolute Gasteiger partial charge is 0.309 e. The molecular formula is C14H19ClN4. The molecular weight excluding hydrogens is 260 g/mol. The highest BCUT2D eigenvalue weighted by atomic mass is 35.5. The summed E-state index contributed by atoms with van der Waals surface area (Å²) in [6.07, 6.45) is 1.67. The number of hydrogen-bond donors (Lipinski definition) is 1. The van der Waals surface area contributed by atoms with Gasteiger partial charge in [-0.1, -0.05) is 31.5 Å². The predicted molar refractivity (Wildman–Crippen MR) is 77.3 cm³/mol. The molecule has 2 aromatic heterocycles. The monoisotopic (exact) mass is 278 g/mol. The molecule has 1 N–H and O–H groups in total. The van der Waals surface area contributed by atoms with E-state index in [4.69, 9.17) is 11.6 Å². The molecule has 0 radical (unpaired) electrons. The van der Waals surface area contributed by atoms with Gasteiger partial charge >= 0.3 is 0 Å². The van der Waals surface area contributed by atoms with Gasteiger partial charge < -0.3 is 5.32 Å². The molecule has 0 aliphatic rings. The average Bonchev–Trinajstić information content (AvgIpc) is 2.69. The summed E-state index contributed by atoms with van der Waals surface area (Å²) in [6.45, 7) is 7.63. The molecule has 0 amide bonds. The maximum atomic E-state index is 6.00. The number of nitrogens with zero attached hydrogens (tertiary/aromatic N) is 3. The highest BCUT2D eigenvalue weighted by Gasteiger charge is 2.06. The van der Waals surface area contributed by atoms with Crippen LogP contribution < -0.4 is 5.32 Å². The lowest BCUT2D eigenvalue weighted by Crippen LogP contribution is -2.22. The number of halogens is 1. The van der Waals surface area contributed by atoms with Crippen molar-refractivity contribution in [2.75, 3.05) is 0 Å². The van der Waals surface area contributed by atoms with Gasteiger partial charge in [-0.05, 0) is 19.1 Å². The quantitative estimate of drug-likeness (QED) is 0.914. The molecule has 102 valence electrons. The zero-order valence-corrected chi connectivity index (χ0v) is 12.3. The minimum absolute atomic E-state index is 0.456. The molecule has 0 saturated heterocycles. The number of pyridine rings is 1. The summed E-state index contributed by atoms with van der Waals surface area (Å²) in [5.74, 6) is 0. The molecule has 0 bridgehead atoms. The maximum absolute atomic E-state index is 6.00. The molecule has 0 unspecified atom stereocenters. The van der Waals surface area contributed by atoms with Crippen LogP contribution in [0.4, 0.5) is 0 Å². The molecule has 0 aliphatic heterocycles. The third-order valence-electron chi connectivity index (χ3n) is 2.91. The number of rotatable bonds is 5. The Morgan fingerprint density at radius 1 is 1.32 bits per heavy atom. The first kappa shape index (κ1) is 14.0. The van der Waals surface area contributed by atoms with Gasteiger partial charge in [0.15, 0.2) is 0 Å². The second-order valence-electron chi connectivity index (χ2n) is 4.89. The highest BCUT2D eigenvalue weighted by Crippen LogP contribution is 2.14. The van der Waals surface area contributed by atoms with Crippen molar-refractivity contribution >= 4 is 11.6 Å². The Kier molecular flexibility index (Phi) is 4.56. The fourth-order valence-corrected chi connectivity index (χ4v) is 1.90.